The van der Waals surface area contributed by atoms with E-state index < -0.39 is 15.5 Å². The van der Waals surface area contributed by atoms with Crippen LogP contribution in [0.5, 0.6) is 0 Å². The molecule has 0 N–H and O–H groups in total. The van der Waals surface area contributed by atoms with Crippen LogP contribution in [0.3, 0.4) is 0 Å². The fraction of sp³-hybridized carbons (Fsp3) is 0.217. The Balaban J connectivity index is 1.89. The molecule has 3 rings (SSSR count). The molecule has 0 heterocycles. The van der Waals surface area contributed by atoms with Crippen molar-refractivity contribution in [2.75, 3.05) is 0 Å². The molecular formula is C23H24OS. The van der Waals surface area contributed by atoms with Gasteiger partial charge in [-0.2, -0.15) is 0 Å². The molecule has 0 aliphatic heterocycles. The van der Waals surface area contributed by atoms with E-state index in [4.69, 9.17) is 0 Å². The van der Waals surface area contributed by atoms with Gasteiger partial charge in [-0.15, -0.1) is 0 Å². The molecule has 1 aliphatic rings. The molecule has 25 heavy (non-hydrogen) atoms. The number of hydrogen-bond donors (Lipinski definition) is 0. The van der Waals surface area contributed by atoms with Crippen LogP contribution in [0.25, 0.3) is 6.08 Å². The number of aryl methyl sites for hydroxylation is 2. The average Bonchev–Trinajstić information content (AvgIpc) is 2.61. The Kier molecular flexibility index (Phi) is 5.19. The van der Waals surface area contributed by atoms with Crippen molar-refractivity contribution in [3.63, 3.8) is 0 Å². The Morgan fingerprint density at radius 2 is 1.76 bits per heavy atom. The first-order valence-electron chi connectivity index (χ1n) is 8.58. The van der Waals surface area contributed by atoms with Crippen LogP contribution in [-0.4, -0.2) is 8.96 Å². The molecule has 0 saturated carbocycles. The molecule has 0 aromatic heterocycles. The lowest BCUT2D eigenvalue weighted by molar-refractivity contribution is 0.603. The molecule has 128 valence electrons. The van der Waals surface area contributed by atoms with Crippen LogP contribution in [0.1, 0.15) is 23.6 Å². The van der Waals surface area contributed by atoms with Crippen LogP contribution >= 0.6 is 0 Å². The fourth-order valence-corrected chi connectivity index (χ4v) is 4.58. The number of benzene rings is 2. The lowest BCUT2D eigenvalue weighted by Crippen LogP contribution is -2.36. The van der Waals surface area contributed by atoms with Crippen molar-refractivity contribution in [3.8, 4) is 0 Å². The summed E-state index contributed by atoms with van der Waals surface area (Å²) in [6.45, 7) is 6.22. The number of rotatable bonds is 4. The van der Waals surface area contributed by atoms with Crippen LogP contribution in [0.4, 0.5) is 0 Å². The third-order valence-corrected chi connectivity index (χ3v) is 6.60. The van der Waals surface area contributed by atoms with Crippen molar-refractivity contribution in [3.05, 3.63) is 95.6 Å². The van der Waals surface area contributed by atoms with Crippen molar-refractivity contribution in [2.24, 2.45) is 5.92 Å². The molecule has 2 aromatic rings. The summed E-state index contributed by atoms with van der Waals surface area (Å²) in [7, 11) is -1.13. The summed E-state index contributed by atoms with van der Waals surface area (Å²) in [6.07, 6.45) is 12.6. The molecular weight excluding hydrogens is 324 g/mol. The van der Waals surface area contributed by atoms with E-state index in [0.29, 0.717) is 0 Å². The monoisotopic (exact) mass is 348 g/mol. The predicted octanol–water partition coefficient (Wildman–Crippen LogP) is 5.63. The Morgan fingerprint density at radius 1 is 1.00 bits per heavy atom. The summed E-state index contributed by atoms with van der Waals surface area (Å²) in [5, 5.41) is 0. The topological polar surface area (TPSA) is 17.1 Å². The highest BCUT2D eigenvalue weighted by Crippen LogP contribution is 2.35. The van der Waals surface area contributed by atoms with E-state index in [1.807, 2.05) is 43.3 Å². The van der Waals surface area contributed by atoms with E-state index in [1.54, 1.807) is 0 Å². The highest BCUT2D eigenvalue weighted by molar-refractivity contribution is 7.86. The zero-order valence-electron chi connectivity index (χ0n) is 15.0. The molecule has 1 aliphatic carbocycles. The third kappa shape index (κ3) is 3.91. The van der Waals surface area contributed by atoms with E-state index in [-0.39, 0.29) is 5.92 Å². The highest BCUT2D eigenvalue weighted by atomic mass is 32.2. The van der Waals surface area contributed by atoms with Gasteiger partial charge in [0.25, 0.3) is 0 Å². The summed E-state index contributed by atoms with van der Waals surface area (Å²) < 4.78 is 12.8. The Morgan fingerprint density at radius 3 is 2.48 bits per heavy atom. The average molecular weight is 349 g/mol. The Bertz CT molecular complexity index is 858. The van der Waals surface area contributed by atoms with Gasteiger partial charge in [-0.1, -0.05) is 84.0 Å². The molecule has 0 bridgehead atoms. The first-order valence-corrected chi connectivity index (χ1v) is 9.73. The molecule has 1 nitrogen and oxygen atoms in total. The van der Waals surface area contributed by atoms with Crippen LogP contribution < -0.4 is 0 Å². The molecule has 0 spiro atoms. The van der Waals surface area contributed by atoms with Crippen LogP contribution in [0.2, 0.25) is 0 Å². The van der Waals surface area contributed by atoms with Gasteiger partial charge in [-0.3, -0.25) is 4.21 Å². The quantitative estimate of drug-likeness (QED) is 0.700. The zero-order chi connectivity index (χ0) is 17.9. The minimum absolute atomic E-state index is 0.0835. The molecule has 2 heteroatoms. The Hall–Kier alpha value is -2.19. The second-order valence-electron chi connectivity index (χ2n) is 6.81. The number of allylic oxidation sites excluding steroid dienone is 4. The summed E-state index contributed by atoms with van der Waals surface area (Å²) in [5.41, 5.74) is 3.60. The molecule has 0 fully saturated rings. The largest absolute Gasteiger partial charge is 0.253 e. The molecule has 0 saturated heterocycles. The van der Waals surface area contributed by atoms with Crippen LogP contribution in [0, 0.1) is 19.8 Å². The summed E-state index contributed by atoms with van der Waals surface area (Å²) in [5.74, 6) is 0.0835. The van der Waals surface area contributed by atoms with Gasteiger partial charge >= 0.3 is 0 Å². The number of hydrogen-bond acceptors (Lipinski definition) is 1. The van der Waals surface area contributed by atoms with Gasteiger partial charge in [0.15, 0.2) is 0 Å². The second-order valence-corrected chi connectivity index (χ2v) is 8.70. The van der Waals surface area contributed by atoms with Gasteiger partial charge in [0.05, 0.1) is 15.5 Å². The maximum atomic E-state index is 13.3. The highest BCUT2D eigenvalue weighted by Gasteiger charge is 2.37. The Labute approximate surface area is 153 Å². The van der Waals surface area contributed by atoms with Crippen molar-refractivity contribution in [2.45, 2.75) is 30.4 Å². The maximum Gasteiger partial charge on any atom is 0.0756 e. The van der Waals surface area contributed by atoms with Crippen LogP contribution in [0.15, 0.2) is 83.8 Å². The van der Waals surface area contributed by atoms with E-state index in [2.05, 4.69) is 62.4 Å². The first-order chi connectivity index (χ1) is 12.0. The van der Waals surface area contributed by atoms with Gasteiger partial charge in [0, 0.05) is 10.8 Å². The van der Waals surface area contributed by atoms with Crippen LogP contribution in [-0.2, 0) is 10.8 Å². The second kappa shape index (κ2) is 7.37. The fourth-order valence-electron chi connectivity index (χ4n) is 3.08. The molecule has 0 radical (unpaired) electrons. The van der Waals surface area contributed by atoms with Gasteiger partial charge in [0.1, 0.15) is 0 Å². The summed E-state index contributed by atoms with van der Waals surface area (Å²) >= 11 is 0. The van der Waals surface area contributed by atoms with Crippen molar-refractivity contribution >= 4 is 16.9 Å². The molecule has 3 atom stereocenters. The van der Waals surface area contributed by atoms with Crippen molar-refractivity contribution < 1.29 is 4.21 Å². The van der Waals surface area contributed by atoms with E-state index in [1.165, 1.54) is 16.7 Å². The minimum Gasteiger partial charge on any atom is -0.253 e. The van der Waals surface area contributed by atoms with Gasteiger partial charge in [0.2, 0.25) is 0 Å². The summed E-state index contributed by atoms with van der Waals surface area (Å²) in [6, 6.07) is 16.4. The zero-order valence-corrected chi connectivity index (χ0v) is 15.8. The SMILES string of the molecule is Cc1ccc(S(=O)C2(C)C=CC=CC2/C=C/c2cccc(C)c2)cc1. The maximum absolute atomic E-state index is 13.3. The van der Waals surface area contributed by atoms with Crippen molar-refractivity contribution in [1.29, 1.82) is 0 Å². The standard InChI is InChI=1S/C23H24OS/c1-18-10-14-22(15-11-18)25(24)23(3)16-5-4-9-21(23)13-12-20-8-6-7-19(2)17-20/h4-17,21H,1-3H3/b13-12+. The van der Waals surface area contributed by atoms with Gasteiger partial charge < -0.3 is 0 Å². The lowest BCUT2D eigenvalue weighted by atomic mass is 9.88. The molecule has 0 amide bonds. The minimum atomic E-state index is -1.13. The first kappa shape index (κ1) is 17.6. The normalized spacial score (nSPS) is 23.9. The van der Waals surface area contributed by atoms with Gasteiger partial charge in [-0.25, -0.2) is 0 Å². The third-order valence-electron chi connectivity index (χ3n) is 4.69. The van der Waals surface area contributed by atoms with E-state index >= 15 is 0 Å². The predicted molar refractivity (Wildman–Crippen MR) is 108 cm³/mol. The smallest absolute Gasteiger partial charge is 0.0756 e. The van der Waals surface area contributed by atoms with E-state index in [0.717, 1.165) is 4.90 Å². The van der Waals surface area contributed by atoms with Crippen molar-refractivity contribution in [1.82, 2.24) is 0 Å². The molecule has 3 unspecified atom stereocenters. The molecule has 2 aromatic carbocycles. The lowest BCUT2D eigenvalue weighted by Gasteiger charge is -2.32. The summed E-state index contributed by atoms with van der Waals surface area (Å²) in [4.78, 5) is 0.877. The van der Waals surface area contributed by atoms with Gasteiger partial charge in [-0.05, 0) is 38.5 Å². The van der Waals surface area contributed by atoms with E-state index in [9.17, 15) is 4.21 Å².